The molecule has 2 fully saturated rings. The fraction of sp³-hybridized carbons (Fsp3) is 0.583. The first kappa shape index (κ1) is 19.7. The second kappa shape index (κ2) is 9.73. The van der Waals surface area contributed by atoms with Crippen LogP contribution in [0.3, 0.4) is 0 Å². The van der Waals surface area contributed by atoms with Crippen molar-refractivity contribution in [3.63, 3.8) is 0 Å². The van der Waals surface area contributed by atoms with Gasteiger partial charge >= 0.3 is 0 Å². The lowest BCUT2D eigenvalue weighted by Crippen LogP contribution is -2.53. The van der Waals surface area contributed by atoms with E-state index in [1.165, 1.54) is 57.4 Å². The molecule has 0 saturated carbocycles. The Morgan fingerprint density at radius 2 is 1.82 bits per heavy atom. The van der Waals surface area contributed by atoms with Gasteiger partial charge in [-0.3, -0.25) is 9.80 Å². The first-order valence-corrected chi connectivity index (χ1v) is 11.0. The van der Waals surface area contributed by atoms with Gasteiger partial charge in [-0.2, -0.15) is 0 Å². The highest BCUT2D eigenvalue weighted by atomic mass is 16.3. The molecule has 0 radical (unpaired) electrons. The standard InChI is InChI=1S/C24H35N3O/c1-25(15-11-21-7-3-2-4-8-21)23-9-5-14-27(19-23)22-12-16-26(17-13-22)20-24-10-6-18-28-24/h2-4,6-8,10,18,22-23H,5,9,11-17,19-20H2,1H3/t23-/m0/s1. The molecule has 0 bridgehead atoms. The van der Waals surface area contributed by atoms with Crippen LogP contribution in [0.2, 0.25) is 0 Å². The van der Waals surface area contributed by atoms with Gasteiger partial charge in [0, 0.05) is 38.3 Å². The quantitative estimate of drug-likeness (QED) is 0.726. The Balaban J connectivity index is 1.22. The lowest BCUT2D eigenvalue weighted by molar-refractivity contribution is 0.0494. The molecule has 0 unspecified atom stereocenters. The molecule has 28 heavy (non-hydrogen) atoms. The van der Waals surface area contributed by atoms with E-state index < -0.39 is 0 Å². The van der Waals surface area contributed by atoms with Crippen molar-refractivity contribution in [1.29, 1.82) is 0 Å². The molecule has 152 valence electrons. The third-order valence-corrected chi connectivity index (χ3v) is 6.68. The Labute approximate surface area is 170 Å². The zero-order valence-electron chi connectivity index (χ0n) is 17.3. The summed E-state index contributed by atoms with van der Waals surface area (Å²) >= 11 is 0. The number of benzene rings is 1. The number of hydrogen-bond acceptors (Lipinski definition) is 4. The van der Waals surface area contributed by atoms with E-state index in [0.717, 1.165) is 31.3 Å². The smallest absolute Gasteiger partial charge is 0.117 e. The maximum atomic E-state index is 5.52. The number of piperidine rings is 2. The zero-order valence-corrected chi connectivity index (χ0v) is 17.3. The highest BCUT2D eigenvalue weighted by Crippen LogP contribution is 2.24. The number of likely N-dealkylation sites (N-methyl/N-ethyl adjacent to an activating group) is 1. The molecular weight excluding hydrogens is 346 g/mol. The van der Waals surface area contributed by atoms with Gasteiger partial charge in [-0.25, -0.2) is 0 Å². The molecule has 0 amide bonds. The summed E-state index contributed by atoms with van der Waals surface area (Å²) in [5.41, 5.74) is 1.45. The maximum Gasteiger partial charge on any atom is 0.117 e. The minimum absolute atomic E-state index is 0.707. The predicted molar refractivity (Wildman–Crippen MR) is 114 cm³/mol. The van der Waals surface area contributed by atoms with E-state index in [2.05, 4.69) is 58.1 Å². The number of furan rings is 1. The van der Waals surface area contributed by atoms with Gasteiger partial charge in [0.05, 0.1) is 12.8 Å². The Morgan fingerprint density at radius 1 is 1.00 bits per heavy atom. The SMILES string of the molecule is CN(CCc1ccccc1)[C@H]1CCCN(C2CCN(Cc3ccco3)CC2)C1. The molecule has 2 aliphatic heterocycles. The molecule has 1 aromatic heterocycles. The van der Waals surface area contributed by atoms with Gasteiger partial charge < -0.3 is 9.32 Å². The van der Waals surface area contributed by atoms with E-state index in [1.54, 1.807) is 6.26 Å². The average molecular weight is 382 g/mol. The zero-order chi connectivity index (χ0) is 19.2. The van der Waals surface area contributed by atoms with E-state index >= 15 is 0 Å². The molecule has 1 aromatic carbocycles. The molecular formula is C24H35N3O. The molecule has 1 atom stereocenters. The minimum atomic E-state index is 0.707. The van der Waals surface area contributed by atoms with Crippen molar-refractivity contribution < 1.29 is 4.42 Å². The molecule has 3 heterocycles. The number of hydrogen-bond donors (Lipinski definition) is 0. The molecule has 2 aromatic rings. The summed E-state index contributed by atoms with van der Waals surface area (Å²) in [6.45, 7) is 7.03. The van der Waals surface area contributed by atoms with Gasteiger partial charge in [0.2, 0.25) is 0 Å². The van der Waals surface area contributed by atoms with Crippen LogP contribution in [0.1, 0.15) is 37.0 Å². The molecule has 0 spiro atoms. The molecule has 4 rings (SSSR count). The summed E-state index contributed by atoms with van der Waals surface area (Å²) < 4.78 is 5.52. The normalized spacial score (nSPS) is 22.7. The van der Waals surface area contributed by atoms with Crippen molar-refractivity contribution in [2.45, 2.75) is 50.7 Å². The van der Waals surface area contributed by atoms with Crippen LogP contribution in [0.15, 0.2) is 53.1 Å². The van der Waals surface area contributed by atoms with Gasteiger partial charge in [0.25, 0.3) is 0 Å². The van der Waals surface area contributed by atoms with Crippen molar-refractivity contribution >= 4 is 0 Å². The number of nitrogens with zero attached hydrogens (tertiary/aromatic N) is 3. The summed E-state index contributed by atoms with van der Waals surface area (Å²) in [4.78, 5) is 7.94. The first-order chi connectivity index (χ1) is 13.8. The first-order valence-electron chi connectivity index (χ1n) is 11.0. The van der Waals surface area contributed by atoms with Crippen LogP contribution in [-0.4, -0.2) is 66.6 Å². The van der Waals surface area contributed by atoms with Gasteiger partial charge in [0.15, 0.2) is 0 Å². The number of likely N-dealkylation sites (tertiary alicyclic amines) is 2. The third-order valence-electron chi connectivity index (χ3n) is 6.68. The lowest BCUT2D eigenvalue weighted by atomic mass is 9.97. The molecule has 0 aliphatic carbocycles. The second-order valence-electron chi connectivity index (χ2n) is 8.59. The Bertz CT molecular complexity index is 679. The van der Waals surface area contributed by atoms with Gasteiger partial charge in [-0.1, -0.05) is 30.3 Å². The summed E-state index contributed by atoms with van der Waals surface area (Å²) in [6, 6.07) is 16.4. The molecule has 4 heteroatoms. The van der Waals surface area contributed by atoms with Crippen molar-refractivity contribution in [2.24, 2.45) is 0 Å². The second-order valence-corrected chi connectivity index (χ2v) is 8.59. The monoisotopic (exact) mass is 381 g/mol. The van der Waals surface area contributed by atoms with Crippen molar-refractivity contribution in [2.75, 3.05) is 39.8 Å². The molecule has 2 saturated heterocycles. The van der Waals surface area contributed by atoms with Gasteiger partial charge in [-0.15, -0.1) is 0 Å². The fourth-order valence-electron chi connectivity index (χ4n) is 4.87. The van der Waals surface area contributed by atoms with Crippen molar-refractivity contribution in [3.05, 3.63) is 60.1 Å². The van der Waals surface area contributed by atoms with Crippen molar-refractivity contribution in [3.8, 4) is 0 Å². The van der Waals surface area contributed by atoms with Crippen LogP contribution in [-0.2, 0) is 13.0 Å². The molecule has 0 N–H and O–H groups in total. The molecule has 2 aliphatic rings. The van der Waals surface area contributed by atoms with Gasteiger partial charge in [-0.05, 0) is 63.4 Å². The van der Waals surface area contributed by atoms with E-state index in [-0.39, 0.29) is 0 Å². The van der Waals surface area contributed by atoms with Crippen LogP contribution in [0, 0.1) is 0 Å². The number of rotatable bonds is 7. The summed E-state index contributed by atoms with van der Waals surface area (Å²) in [7, 11) is 2.32. The highest BCUT2D eigenvalue weighted by Gasteiger charge is 2.30. The van der Waals surface area contributed by atoms with Crippen LogP contribution >= 0.6 is 0 Å². The summed E-state index contributed by atoms with van der Waals surface area (Å²) in [6.07, 6.45) is 8.21. The van der Waals surface area contributed by atoms with E-state index in [0.29, 0.717) is 6.04 Å². The van der Waals surface area contributed by atoms with E-state index in [9.17, 15) is 0 Å². The topological polar surface area (TPSA) is 22.9 Å². The lowest BCUT2D eigenvalue weighted by Gasteiger charge is -2.44. The fourth-order valence-corrected chi connectivity index (χ4v) is 4.87. The maximum absolute atomic E-state index is 5.52. The van der Waals surface area contributed by atoms with Crippen LogP contribution in [0.4, 0.5) is 0 Å². The summed E-state index contributed by atoms with van der Waals surface area (Å²) in [5.74, 6) is 1.09. The minimum Gasteiger partial charge on any atom is -0.468 e. The summed E-state index contributed by atoms with van der Waals surface area (Å²) in [5, 5.41) is 0. The van der Waals surface area contributed by atoms with Crippen molar-refractivity contribution in [1.82, 2.24) is 14.7 Å². The van der Waals surface area contributed by atoms with Crippen LogP contribution in [0.5, 0.6) is 0 Å². The van der Waals surface area contributed by atoms with Crippen LogP contribution in [0.25, 0.3) is 0 Å². The van der Waals surface area contributed by atoms with Gasteiger partial charge in [0.1, 0.15) is 5.76 Å². The Hall–Kier alpha value is -1.62. The van der Waals surface area contributed by atoms with E-state index in [4.69, 9.17) is 4.42 Å². The average Bonchev–Trinajstić information content (AvgIpc) is 3.26. The molecule has 4 nitrogen and oxygen atoms in total. The van der Waals surface area contributed by atoms with E-state index in [1.807, 2.05) is 6.07 Å². The highest BCUT2D eigenvalue weighted by molar-refractivity contribution is 5.14. The largest absolute Gasteiger partial charge is 0.468 e. The third kappa shape index (κ3) is 5.25. The Morgan fingerprint density at radius 3 is 2.57 bits per heavy atom. The Kier molecular flexibility index (Phi) is 6.84. The van der Waals surface area contributed by atoms with Crippen LogP contribution < -0.4 is 0 Å². The predicted octanol–water partition coefficient (Wildman–Crippen LogP) is 3.88.